The maximum Gasteiger partial charge on any atom is 0.417 e. The standard InChI is InChI=1S/C22H22F3N5O2/c23-22(24,25)18-9-17(2-1-15(18)10-26)29-7-4-21(5-8-29)13-30(11-16(21)12-31)20(32)19-3-6-27-14-28-19/h1-3,6,9,14,16,31H,4-5,7-8,11-13H2. The van der Waals surface area contributed by atoms with Crippen LogP contribution >= 0.6 is 0 Å². The number of piperidine rings is 1. The molecule has 1 aromatic heterocycles. The molecule has 2 fully saturated rings. The molecule has 3 heterocycles. The number of anilines is 1. The minimum absolute atomic E-state index is 0.0668. The Kier molecular flexibility index (Phi) is 5.77. The lowest BCUT2D eigenvalue weighted by Gasteiger charge is -2.43. The van der Waals surface area contributed by atoms with Crippen molar-refractivity contribution in [2.75, 3.05) is 37.7 Å². The van der Waals surface area contributed by atoms with E-state index in [-0.39, 0.29) is 23.8 Å². The van der Waals surface area contributed by atoms with Crippen molar-refractivity contribution in [2.45, 2.75) is 19.0 Å². The van der Waals surface area contributed by atoms with Gasteiger partial charge in [0, 0.05) is 50.6 Å². The fourth-order valence-electron chi connectivity index (χ4n) is 4.86. The van der Waals surface area contributed by atoms with Crippen molar-refractivity contribution in [3.63, 3.8) is 0 Å². The Morgan fingerprint density at radius 2 is 2.03 bits per heavy atom. The second-order valence-electron chi connectivity index (χ2n) is 8.35. The van der Waals surface area contributed by atoms with E-state index in [2.05, 4.69) is 9.97 Å². The zero-order chi connectivity index (χ0) is 22.9. The zero-order valence-electron chi connectivity index (χ0n) is 17.2. The Balaban J connectivity index is 1.50. The number of rotatable bonds is 3. The number of aromatic nitrogens is 2. The zero-order valence-corrected chi connectivity index (χ0v) is 17.2. The molecule has 7 nitrogen and oxygen atoms in total. The summed E-state index contributed by atoms with van der Waals surface area (Å²) in [6.07, 6.45) is -0.525. The number of likely N-dealkylation sites (tertiary alicyclic amines) is 1. The van der Waals surface area contributed by atoms with E-state index in [4.69, 9.17) is 5.26 Å². The number of nitrogens with zero attached hydrogens (tertiary/aromatic N) is 5. The van der Waals surface area contributed by atoms with Crippen LogP contribution in [0.2, 0.25) is 0 Å². The van der Waals surface area contributed by atoms with Crippen LogP contribution in [0.25, 0.3) is 0 Å². The van der Waals surface area contributed by atoms with E-state index in [9.17, 15) is 23.1 Å². The molecule has 2 saturated heterocycles. The summed E-state index contributed by atoms with van der Waals surface area (Å²) in [5.41, 5.74) is -0.923. The van der Waals surface area contributed by atoms with Gasteiger partial charge in [0.25, 0.3) is 5.91 Å². The lowest BCUT2D eigenvalue weighted by molar-refractivity contribution is -0.137. The normalized spacial score (nSPS) is 20.4. The van der Waals surface area contributed by atoms with E-state index in [0.29, 0.717) is 50.4 Å². The van der Waals surface area contributed by atoms with Crippen molar-refractivity contribution < 1.29 is 23.1 Å². The minimum atomic E-state index is -4.60. The molecule has 0 aliphatic carbocycles. The van der Waals surface area contributed by atoms with E-state index in [1.54, 1.807) is 17.0 Å². The highest BCUT2D eigenvalue weighted by Crippen LogP contribution is 2.46. The minimum Gasteiger partial charge on any atom is -0.396 e. The van der Waals surface area contributed by atoms with E-state index in [0.717, 1.165) is 6.07 Å². The fraction of sp³-hybridized carbons (Fsp3) is 0.455. The second kappa shape index (κ2) is 8.39. The van der Waals surface area contributed by atoms with Gasteiger partial charge in [-0.15, -0.1) is 0 Å². The summed E-state index contributed by atoms with van der Waals surface area (Å²) in [4.78, 5) is 24.2. The first-order valence-corrected chi connectivity index (χ1v) is 10.3. The predicted molar refractivity (Wildman–Crippen MR) is 109 cm³/mol. The molecule has 1 amide bonds. The fourth-order valence-corrected chi connectivity index (χ4v) is 4.86. The number of alkyl halides is 3. The van der Waals surface area contributed by atoms with Crippen molar-refractivity contribution in [1.82, 2.24) is 14.9 Å². The first-order chi connectivity index (χ1) is 15.3. The average Bonchev–Trinajstić information content (AvgIpc) is 3.16. The number of aliphatic hydroxyl groups excluding tert-OH is 1. The molecule has 0 bridgehead atoms. The van der Waals surface area contributed by atoms with E-state index in [1.165, 1.54) is 24.7 Å². The highest BCUT2D eigenvalue weighted by molar-refractivity contribution is 5.92. The van der Waals surface area contributed by atoms with Crippen molar-refractivity contribution >= 4 is 11.6 Å². The van der Waals surface area contributed by atoms with Gasteiger partial charge in [-0.3, -0.25) is 4.79 Å². The van der Waals surface area contributed by atoms with Gasteiger partial charge < -0.3 is 14.9 Å². The Bertz CT molecular complexity index is 1030. The average molecular weight is 445 g/mol. The largest absolute Gasteiger partial charge is 0.417 e. The van der Waals surface area contributed by atoms with Gasteiger partial charge in [0.15, 0.2) is 0 Å². The molecule has 168 valence electrons. The van der Waals surface area contributed by atoms with Crippen molar-refractivity contribution in [3.05, 3.63) is 53.6 Å². The molecule has 2 aliphatic rings. The summed E-state index contributed by atoms with van der Waals surface area (Å²) in [5, 5.41) is 19.0. The van der Waals surface area contributed by atoms with Crippen LogP contribution in [0.4, 0.5) is 18.9 Å². The molecule has 2 aromatic rings. The molecule has 10 heteroatoms. The number of halogens is 3. The summed E-state index contributed by atoms with van der Waals surface area (Å²) in [6.45, 7) is 1.80. The molecule has 1 unspecified atom stereocenters. The molecule has 1 N–H and O–H groups in total. The molecule has 1 spiro atoms. The van der Waals surface area contributed by atoms with Crippen molar-refractivity contribution in [3.8, 4) is 6.07 Å². The molecule has 1 aromatic carbocycles. The van der Waals surface area contributed by atoms with Gasteiger partial charge in [0.1, 0.15) is 12.0 Å². The summed E-state index contributed by atoms with van der Waals surface area (Å²) in [7, 11) is 0. The van der Waals surface area contributed by atoms with Gasteiger partial charge in [0.05, 0.1) is 17.2 Å². The SMILES string of the molecule is N#Cc1ccc(N2CCC3(CC2)CN(C(=O)c2ccncn2)CC3CO)cc1C(F)(F)F. The third-order valence-corrected chi connectivity index (χ3v) is 6.67. The summed E-state index contributed by atoms with van der Waals surface area (Å²) >= 11 is 0. The molecule has 0 saturated carbocycles. The monoisotopic (exact) mass is 445 g/mol. The lowest BCUT2D eigenvalue weighted by atomic mass is 9.71. The van der Waals surface area contributed by atoms with Crippen LogP contribution in [0.5, 0.6) is 0 Å². The molecular formula is C22H22F3N5O2. The molecule has 4 rings (SSSR count). The van der Waals surface area contributed by atoms with Gasteiger partial charge in [-0.25, -0.2) is 9.97 Å². The highest BCUT2D eigenvalue weighted by Gasteiger charge is 2.49. The quantitative estimate of drug-likeness (QED) is 0.781. The number of carbonyl (C=O) groups excluding carboxylic acids is 1. The van der Waals surface area contributed by atoms with Gasteiger partial charge in [-0.1, -0.05) is 0 Å². The lowest BCUT2D eigenvalue weighted by Crippen LogP contribution is -2.45. The van der Waals surface area contributed by atoms with E-state index in [1.807, 2.05) is 4.90 Å². The number of hydrogen-bond acceptors (Lipinski definition) is 6. The van der Waals surface area contributed by atoms with Gasteiger partial charge in [0.2, 0.25) is 0 Å². The molecule has 0 radical (unpaired) electrons. The number of nitriles is 1. The number of hydrogen-bond donors (Lipinski definition) is 1. The summed E-state index contributed by atoms with van der Waals surface area (Å²) < 4.78 is 40.0. The van der Waals surface area contributed by atoms with E-state index < -0.39 is 17.3 Å². The van der Waals surface area contributed by atoms with Gasteiger partial charge >= 0.3 is 6.18 Å². The van der Waals surface area contributed by atoms with Crippen LogP contribution in [0, 0.1) is 22.7 Å². The third kappa shape index (κ3) is 4.00. The summed E-state index contributed by atoms with van der Waals surface area (Å²) in [5.74, 6) is -0.325. The maximum atomic E-state index is 13.3. The Morgan fingerprint density at radius 1 is 1.28 bits per heavy atom. The maximum absolute atomic E-state index is 13.3. The van der Waals surface area contributed by atoms with Crippen LogP contribution in [0.3, 0.4) is 0 Å². The number of aliphatic hydroxyl groups is 1. The highest BCUT2D eigenvalue weighted by atomic mass is 19.4. The Morgan fingerprint density at radius 3 is 2.62 bits per heavy atom. The molecule has 32 heavy (non-hydrogen) atoms. The smallest absolute Gasteiger partial charge is 0.396 e. The molecule has 1 atom stereocenters. The Hall–Kier alpha value is -3.19. The third-order valence-electron chi connectivity index (χ3n) is 6.67. The predicted octanol–water partition coefficient (Wildman–Crippen LogP) is 2.72. The van der Waals surface area contributed by atoms with Gasteiger partial charge in [-0.2, -0.15) is 18.4 Å². The van der Waals surface area contributed by atoms with Crippen LogP contribution < -0.4 is 4.90 Å². The topological polar surface area (TPSA) is 93.4 Å². The first-order valence-electron chi connectivity index (χ1n) is 10.3. The number of benzene rings is 1. The Labute approximate surface area is 183 Å². The van der Waals surface area contributed by atoms with Crippen LogP contribution in [0.1, 0.15) is 34.5 Å². The number of amides is 1. The van der Waals surface area contributed by atoms with Crippen molar-refractivity contribution in [1.29, 1.82) is 5.26 Å². The molecular weight excluding hydrogens is 423 g/mol. The van der Waals surface area contributed by atoms with Crippen LogP contribution in [-0.2, 0) is 6.18 Å². The number of carbonyl (C=O) groups is 1. The van der Waals surface area contributed by atoms with E-state index >= 15 is 0 Å². The van der Waals surface area contributed by atoms with Crippen LogP contribution in [0.15, 0.2) is 36.8 Å². The second-order valence-corrected chi connectivity index (χ2v) is 8.35. The first kappa shape index (κ1) is 22.0. The van der Waals surface area contributed by atoms with Gasteiger partial charge in [-0.05, 0) is 42.5 Å². The molecule has 2 aliphatic heterocycles. The van der Waals surface area contributed by atoms with Crippen LogP contribution in [-0.4, -0.2) is 58.7 Å². The summed E-state index contributed by atoms with van der Waals surface area (Å²) in [6, 6.07) is 6.92. The van der Waals surface area contributed by atoms with Crippen molar-refractivity contribution in [2.24, 2.45) is 11.3 Å².